The van der Waals surface area contributed by atoms with Crippen molar-refractivity contribution in [2.24, 2.45) is 0 Å². The summed E-state index contributed by atoms with van der Waals surface area (Å²) in [6, 6.07) is 5.61. The molecular formula is C14H16FNO2. The Morgan fingerprint density at radius 2 is 2.11 bits per heavy atom. The van der Waals surface area contributed by atoms with E-state index in [0.29, 0.717) is 5.56 Å². The molecule has 0 saturated carbocycles. The minimum Gasteiger partial charge on any atom is -0.387 e. The Morgan fingerprint density at radius 1 is 1.39 bits per heavy atom. The van der Waals surface area contributed by atoms with Crippen LogP contribution < -0.4 is 5.32 Å². The van der Waals surface area contributed by atoms with Crippen LogP contribution in [0.25, 0.3) is 0 Å². The van der Waals surface area contributed by atoms with Gasteiger partial charge in [0.1, 0.15) is 5.82 Å². The molecule has 1 aromatic rings. The lowest BCUT2D eigenvalue weighted by atomic mass is 10.1. The summed E-state index contributed by atoms with van der Waals surface area (Å²) in [4.78, 5) is 11.7. The van der Waals surface area contributed by atoms with Gasteiger partial charge in [-0.25, -0.2) is 4.39 Å². The first-order valence-corrected chi connectivity index (χ1v) is 6.07. The molecule has 0 bridgehead atoms. The van der Waals surface area contributed by atoms with Gasteiger partial charge in [0.05, 0.1) is 6.10 Å². The highest BCUT2D eigenvalue weighted by atomic mass is 19.1. The Labute approximate surface area is 105 Å². The lowest BCUT2D eigenvalue weighted by molar-refractivity contribution is -0.118. The van der Waals surface area contributed by atoms with Crippen LogP contribution in [0, 0.1) is 5.82 Å². The standard InChI is InChI=1S/C14H16FNO2/c15-12-7-5-10(6-8-12)13(17)9-16-14(18)11-3-1-2-4-11/h3,5-8,13,17H,1-2,4,9H2,(H,16,18). The number of benzene rings is 1. The molecule has 2 rings (SSSR count). The fourth-order valence-electron chi connectivity index (χ4n) is 1.98. The number of carbonyl (C=O) groups is 1. The lowest BCUT2D eigenvalue weighted by Crippen LogP contribution is -2.29. The van der Waals surface area contributed by atoms with E-state index in [4.69, 9.17) is 0 Å². The zero-order valence-electron chi connectivity index (χ0n) is 10.0. The first-order valence-electron chi connectivity index (χ1n) is 6.07. The van der Waals surface area contributed by atoms with E-state index in [2.05, 4.69) is 5.32 Å². The van der Waals surface area contributed by atoms with Crippen LogP contribution in [0.3, 0.4) is 0 Å². The number of halogens is 1. The molecule has 1 atom stereocenters. The fraction of sp³-hybridized carbons (Fsp3) is 0.357. The van der Waals surface area contributed by atoms with Gasteiger partial charge in [0, 0.05) is 12.1 Å². The Morgan fingerprint density at radius 3 is 2.72 bits per heavy atom. The number of amides is 1. The second kappa shape index (κ2) is 5.78. The van der Waals surface area contributed by atoms with Gasteiger partial charge in [0.15, 0.2) is 0 Å². The molecule has 0 radical (unpaired) electrons. The molecule has 1 aromatic carbocycles. The maximum absolute atomic E-state index is 12.7. The maximum Gasteiger partial charge on any atom is 0.246 e. The van der Waals surface area contributed by atoms with Gasteiger partial charge in [-0.05, 0) is 37.0 Å². The third kappa shape index (κ3) is 3.17. The molecule has 0 spiro atoms. The van der Waals surface area contributed by atoms with E-state index in [-0.39, 0.29) is 18.3 Å². The number of hydrogen-bond donors (Lipinski definition) is 2. The predicted octanol–water partition coefficient (Wildman–Crippen LogP) is 2.09. The van der Waals surface area contributed by atoms with Gasteiger partial charge in [-0.2, -0.15) is 0 Å². The van der Waals surface area contributed by atoms with Crippen LogP contribution in [-0.2, 0) is 4.79 Å². The van der Waals surface area contributed by atoms with Gasteiger partial charge < -0.3 is 10.4 Å². The van der Waals surface area contributed by atoms with Crippen LogP contribution in [0.15, 0.2) is 35.9 Å². The minimum absolute atomic E-state index is 0.117. The van der Waals surface area contributed by atoms with Crippen molar-refractivity contribution in [3.05, 3.63) is 47.3 Å². The number of rotatable bonds is 4. The van der Waals surface area contributed by atoms with Crippen molar-refractivity contribution in [3.63, 3.8) is 0 Å². The Hall–Kier alpha value is -1.68. The van der Waals surface area contributed by atoms with Gasteiger partial charge in [0.25, 0.3) is 0 Å². The van der Waals surface area contributed by atoms with E-state index in [1.54, 1.807) is 0 Å². The van der Waals surface area contributed by atoms with E-state index in [9.17, 15) is 14.3 Å². The zero-order valence-corrected chi connectivity index (χ0v) is 10.0. The van der Waals surface area contributed by atoms with Gasteiger partial charge in [-0.1, -0.05) is 18.2 Å². The molecule has 0 aromatic heterocycles. The molecule has 1 aliphatic rings. The highest BCUT2D eigenvalue weighted by Gasteiger charge is 2.15. The van der Waals surface area contributed by atoms with Crippen LogP contribution in [-0.4, -0.2) is 17.6 Å². The van der Waals surface area contributed by atoms with Crippen LogP contribution in [0.1, 0.15) is 30.9 Å². The second-order valence-corrected chi connectivity index (χ2v) is 4.40. The normalized spacial score (nSPS) is 16.2. The molecule has 0 fully saturated rings. The quantitative estimate of drug-likeness (QED) is 0.858. The highest BCUT2D eigenvalue weighted by molar-refractivity contribution is 5.93. The van der Waals surface area contributed by atoms with Gasteiger partial charge in [-0.3, -0.25) is 4.79 Å². The Kier molecular flexibility index (Phi) is 4.10. The molecule has 3 nitrogen and oxygen atoms in total. The van der Waals surface area contributed by atoms with E-state index in [1.807, 2.05) is 6.08 Å². The number of aliphatic hydroxyl groups is 1. The van der Waals surface area contributed by atoms with Crippen molar-refractivity contribution >= 4 is 5.91 Å². The summed E-state index contributed by atoms with van der Waals surface area (Å²) in [5.41, 5.74) is 1.39. The molecule has 18 heavy (non-hydrogen) atoms. The van der Waals surface area contributed by atoms with Crippen molar-refractivity contribution in [1.29, 1.82) is 0 Å². The summed E-state index contributed by atoms with van der Waals surface area (Å²) in [7, 11) is 0. The minimum atomic E-state index is -0.809. The Bertz CT molecular complexity index is 453. The van der Waals surface area contributed by atoms with E-state index < -0.39 is 6.10 Å². The van der Waals surface area contributed by atoms with Crippen LogP contribution in [0.2, 0.25) is 0 Å². The average Bonchev–Trinajstić information content (AvgIpc) is 2.90. The van der Waals surface area contributed by atoms with Crippen molar-refractivity contribution < 1.29 is 14.3 Å². The number of carbonyl (C=O) groups excluding carboxylic acids is 1. The average molecular weight is 249 g/mol. The molecule has 0 heterocycles. The van der Waals surface area contributed by atoms with Gasteiger partial charge >= 0.3 is 0 Å². The van der Waals surface area contributed by atoms with Crippen LogP contribution in [0.4, 0.5) is 4.39 Å². The summed E-state index contributed by atoms with van der Waals surface area (Å²) in [6.45, 7) is 0.141. The third-order valence-electron chi connectivity index (χ3n) is 3.04. The zero-order chi connectivity index (χ0) is 13.0. The largest absolute Gasteiger partial charge is 0.387 e. The monoisotopic (exact) mass is 249 g/mol. The molecule has 96 valence electrons. The van der Waals surface area contributed by atoms with Gasteiger partial charge in [-0.15, -0.1) is 0 Å². The predicted molar refractivity (Wildman–Crippen MR) is 66.3 cm³/mol. The topological polar surface area (TPSA) is 49.3 Å². The molecule has 4 heteroatoms. The molecule has 0 saturated heterocycles. The number of aliphatic hydroxyl groups excluding tert-OH is 1. The summed E-state index contributed by atoms with van der Waals surface area (Å²) in [5, 5.41) is 12.5. The van der Waals surface area contributed by atoms with E-state index >= 15 is 0 Å². The van der Waals surface area contributed by atoms with Gasteiger partial charge in [0.2, 0.25) is 5.91 Å². The number of nitrogens with one attached hydrogen (secondary N) is 1. The van der Waals surface area contributed by atoms with E-state index in [1.165, 1.54) is 24.3 Å². The molecule has 1 aliphatic carbocycles. The first-order chi connectivity index (χ1) is 8.66. The summed E-state index contributed by atoms with van der Waals surface area (Å²) in [6.07, 6.45) is 3.89. The smallest absolute Gasteiger partial charge is 0.246 e. The second-order valence-electron chi connectivity index (χ2n) is 4.40. The van der Waals surface area contributed by atoms with Crippen LogP contribution in [0.5, 0.6) is 0 Å². The number of hydrogen-bond acceptors (Lipinski definition) is 2. The van der Waals surface area contributed by atoms with Crippen molar-refractivity contribution in [1.82, 2.24) is 5.32 Å². The molecule has 2 N–H and O–H groups in total. The SMILES string of the molecule is O=C(NCC(O)c1ccc(F)cc1)C1=CCCC1. The van der Waals surface area contributed by atoms with Crippen LogP contribution >= 0.6 is 0 Å². The molecular weight excluding hydrogens is 233 g/mol. The lowest BCUT2D eigenvalue weighted by Gasteiger charge is -2.12. The third-order valence-corrected chi connectivity index (χ3v) is 3.04. The summed E-state index contributed by atoms with van der Waals surface area (Å²) in [5.74, 6) is -0.459. The highest BCUT2D eigenvalue weighted by Crippen LogP contribution is 2.18. The molecule has 0 aliphatic heterocycles. The first kappa shape index (κ1) is 12.8. The van der Waals surface area contributed by atoms with E-state index in [0.717, 1.165) is 24.8 Å². The molecule has 1 unspecified atom stereocenters. The van der Waals surface area contributed by atoms with Crippen molar-refractivity contribution in [2.75, 3.05) is 6.54 Å². The number of allylic oxidation sites excluding steroid dienone is 1. The Balaban J connectivity index is 1.86. The van der Waals surface area contributed by atoms with Crippen molar-refractivity contribution in [2.45, 2.75) is 25.4 Å². The fourth-order valence-corrected chi connectivity index (χ4v) is 1.98. The summed E-state index contributed by atoms with van der Waals surface area (Å²) < 4.78 is 12.7. The van der Waals surface area contributed by atoms with Crippen molar-refractivity contribution in [3.8, 4) is 0 Å². The summed E-state index contributed by atoms with van der Waals surface area (Å²) >= 11 is 0. The maximum atomic E-state index is 12.7. The molecule has 1 amide bonds.